The molecule has 2 fully saturated rings. The maximum Gasteiger partial charge on any atom is 0.254 e. The van der Waals surface area contributed by atoms with Crippen molar-refractivity contribution in [1.82, 2.24) is 15.1 Å². The Morgan fingerprint density at radius 1 is 1.17 bits per heavy atom. The molecular formula is C16H20ClN3O3. The number of hydrogen-bond donors (Lipinski definition) is 1. The van der Waals surface area contributed by atoms with E-state index in [2.05, 4.69) is 5.32 Å². The first-order valence-electron chi connectivity index (χ1n) is 7.80. The summed E-state index contributed by atoms with van der Waals surface area (Å²) in [5, 5.41) is 3.72. The lowest BCUT2D eigenvalue weighted by Gasteiger charge is -2.37. The molecule has 0 saturated carbocycles. The van der Waals surface area contributed by atoms with Crippen LogP contribution in [0.4, 0.5) is 0 Å². The first-order chi connectivity index (χ1) is 11.1. The fraction of sp³-hybridized carbons (Fsp3) is 0.500. The highest BCUT2D eigenvalue weighted by Gasteiger charge is 2.30. The minimum atomic E-state index is -0.265. The van der Waals surface area contributed by atoms with Crippen molar-refractivity contribution in [1.29, 1.82) is 0 Å². The monoisotopic (exact) mass is 337 g/mol. The molecule has 1 unspecified atom stereocenters. The average molecular weight is 338 g/mol. The van der Waals surface area contributed by atoms with Gasteiger partial charge in [0.15, 0.2) is 0 Å². The fourth-order valence-electron chi connectivity index (χ4n) is 2.88. The number of nitrogens with one attached hydrogen (secondary N) is 1. The van der Waals surface area contributed by atoms with Crippen LogP contribution < -0.4 is 5.32 Å². The van der Waals surface area contributed by atoms with Crippen molar-refractivity contribution in [2.45, 2.75) is 6.04 Å². The van der Waals surface area contributed by atoms with Gasteiger partial charge in [-0.1, -0.05) is 17.7 Å². The van der Waals surface area contributed by atoms with Gasteiger partial charge in [-0.05, 0) is 18.2 Å². The highest BCUT2D eigenvalue weighted by atomic mass is 35.5. The normalized spacial score (nSPS) is 22.0. The molecule has 0 aromatic heterocycles. The summed E-state index contributed by atoms with van der Waals surface area (Å²) in [4.78, 5) is 28.4. The Labute approximate surface area is 140 Å². The lowest BCUT2D eigenvalue weighted by Crippen LogP contribution is -2.57. The van der Waals surface area contributed by atoms with Crippen LogP contribution in [0.25, 0.3) is 0 Å². The first-order valence-corrected chi connectivity index (χ1v) is 8.18. The molecule has 2 saturated heterocycles. The predicted molar refractivity (Wildman–Crippen MR) is 86.5 cm³/mol. The Hall–Kier alpha value is -1.63. The number of halogens is 1. The summed E-state index contributed by atoms with van der Waals surface area (Å²) in [5.74, 6) is 0.0123. The topological polar surface area (TPSA) is 61.9 Å². The third kappa shape index (κ3) is 3.83. The van der Waals surface area contributed by atoms with Gasteiger partial charge in [-0.25, -0.2) is 0 Å². The van der Waals surface area contributed by atoms with Gasteiger partial charge in [-0.3, -0.25) is 9.59 Å². The minimum Gasteiger partial charge on any atom is -0.378 e. The number of piperazine rings is 1. The zero-order valence-corrected chi connectivity index (χ0v) is 13.6. The lowest BCUT2D eigenvalue weighted by atomic mass is 10.1. The van der Waals surface area contributed by atoms with Crippen LogP contribution in [0.5, 0.6) is 0 Å². The number of nitrogens with zero attached hydrogens (tertiary/aromatic N) is 2. The molecule has 3 rings (SSSR count). The van der Waals surface area contributed by atoms with Gasteiger partial charge in [0.1, 0.15) is 6.04 Å². The quantitative estimate of drug-likeness (QED) is 0.859. The first kappa shape index (κ1) is 16.2. The molecule has 124 valence electrons. The number of rotatable bonds is 2. The van der Waals surface area contributed by atoms with Gasteiger partial charge in [0.25, 0.3) is 5.91 Å². The third-order valence-electron chi connectivity index (χ3n) is 4.17. The lowest BCUT2D eigenvalue weighted by molar-refractivity contribution is -0.137. The molecule has 2 amide bonds. The summed E-state index contributed by atoms with van der Waals surface area (Å²) in [7, 11) is 0. The summed E-state index contributed by atoms with van der Waals surface area (Å²) in [6.07, 6.45) is 0. The molecule has 7 heteroatoms. The average Bonchev–Trinajstić information content (AvgIpc) is 2.61. The van der Waals surface area contributed by atoms with E-state index in [9.17, 15) is 9.59 Å². The maximum atomic E-state index is 12.5. The SMILES string of the molecule is O=C(c1cccc(Cl)c1)N1CCN(C(=O)C2COCCN2)CC1. The zero-order chi connectivity index (χ0) is 16.2. The molecular weight excluding hydrogens is 318 g/mol. The second-order valence-electron chi connectivity index (χ2n) is 5.71. The number of benzene rings is 1. The van der Waals surface area contributed by atoms with E-state index < -0.39 is 0 Å². The van der Waals surface area contributed by atoms with Gasteiger partial charge in [0.2, 0.25) is 5.91 Å². The van der Waals surface area contributed by atoms with Gasteiger partial charge < -0.3 is 19.9 Å². The summed E-state index contributed by atoms with van der Waals surface area (Å²) in [6.45, 7) is 3.91. The zero-order valence-electron chi connectivity index (χ0n) is 12.8. The number of carbonyl (C=O) groups excluding carboxylic acids is 2. The molecule has 2 aliphatic heterocycles. The second-order valence-corrected chi connectivity index (χ2v) is 6.15. The third-order valence-corrected chi connectivity index (χ3v) is 4.40. The summed E-state index contributed by atoms with van der Waals surface area (Å²) in [6, 6.07) is 6.68. The summed E-state index contributed by atoms with van der Waals surface area (Å²) in [5.41, 5.74) is 0.583. The fourth-order valence-corrected chi connectivity index (χ4v) is 3.07. The Morgan fingerprint density at radius 3 is 2.57 bits per heavy atom. The van der Waals surface area contributed by atoms with Crippen LogP contribution in [-0.2, 0) is 9.53 Å². The number of hydrogen-bond acceptors (Lipinski definition) is 4. The second kappa shape index (κ2) is 7.29. The standard InChI is InChI=1S/C16H20ClN3O3/c17-13-3-1-2-12(10-13)15(21)19-5-7-20(8-6-19)16(22)14-11-23-9-4-18-14/h1-3,10,14,18H,4-9,11H2. The van der Waals surface area contributed by atoms with Crippen LogP contribution in [0.1, 0.15) is 10.4 Å². The molecule has 1 aromatic rings. The van der Waals surface area contributed by atoms with E-state index in [0.29, 0.717) is 56.5 Å². The van der Waals surface area contributed by atoms with E-state index >= 15 is 0 Å². The maximum absolute atomic E-state index is 12.5. The van der Waals surface area contributed by atoms with Gasteiger partial charge >= 0.3 is 0 Å². The highest BCUT2D eigenvalue weighted by molar-refractivity contribution is 6.30. The highest BCUT2D eigenvalue weighted by Crippen LogP contribution is 2.14. The van der Waals surface area contributed by atoms with Crippen molar-refractivity contribution in [3.8, 4) is 0 Å². The molecule has 0 spiro atoms. The van der Waals surface area contributed by atoms with Gasteiger partial charge in [0.05, 0.1) is 13.2 Å². The van der Waals surface area contributed by atoms with Crippen LogP contribution in [0, 0.1) is 0 Å². The van der Waals surface area contributed by atoms with E-state index in [0.717, 1.165) is 0 Å². The predicted octanol–water partition coefficient (Wildman–Crippen LogP) is 0.613. The number of ether oxygens (including phenoxy) is 1. The van der Waals surface area contributed by atoms with Gasteiger partial charge in [0, 0.05) is 43.3 Å². The van der Waals surface area contributed by atoms with E-state index in [1.807, 2.05) is 0 Å². The van der Waals surface area contributed by atoms with Crippen molar-refractivity contribution >= 4 is 23.4 Å². The molecule has 2 aliphatic rings. The largest absolute Gasteiger partial charge is 0.378 e. The Bertz CT molecular complexity index is 582. The molecule has 1 aromatic carbocycles. The molecule has 0 radical (unpaired) electrons. The number of carbonyl (C=O) groups is 2. The van der Waals surface area contributed by atoms with E-state index in [-0.39, 0.29) is 17.9 Å². The Kier molecular flexibility index (Phi) is 5.15. The smallest absolute Gasteiger partial charge is 0.254 e. The van der Waals surface area contributed by atoms with Crippen LogP contribution >= 0.6 is 11.6 Å². The van der Waals surface area contributed by atoms with Crippen molar-refractivity contribution in [2.75, 3.05) is 45.9 Å². The number of morpholine rings is 1. The molecule has 0 bridgehead atoms. The van der Waals surface area contributed by atoms with Crippen LogP contribution in [0.15, 0.2) is 24.3 Å². The van der Waals surface area contributed by atoms with Crippen molar-refractivity contribution in [3.63, 3.8) is 0 Å². The molecule has 23 heavy (non-hydrogen) atoms. The van der Waals surface area contributed by atoms with Gasteiger partial charge in [-0.15, -0.1) is 0 Å². The van der Waals surface area contributed by atoms with E-state index in [4.69, 9.17) is 16.3 Å². The Morgan fingerprint density at radius 2 is 1.91 bits per heavy atom. The van der Waals surface area contributed by atoms with Crippen molar-refractivity contribution in [3.05, 3.63) is 34.9 Å². The van der Waals surface area contributed by atoms with Gasteiger partial charge in [-0.2, -0.15) is 0 Å². The van der Waals surface area contributed by atoms with Crippen molar-refractivity contribution in [2.24, 2.45) is 0 Å². The van der Waals surface area contributed by atoms with Crippen LogP contribution in [0.2, 0.25) is 5.02 Å². The molecule has 0 aliphatic carbocycles. The van der Waals surface area contributed by atoms with Crippen LogP contribution in [-0.4, -0.2) is 73.6 Å². The molecule has 2 heterocycles. The summed E-state index contributed by atoms with van der Waals surface area (Å²) < 4.78 is 5.34. The molecule has 6 nitrogen and oxygen atoms in total. The van der Waals surface area contributed by atoms with E-state index in [1.165, 1.54) is 0 Å². The summed E-state index contributed by atoms with van der Waals surface area (Å²) >= 11 is 5.94. The molecule has 1 N–H and O–H groups in total. The van der Waals surface area contributed by atoms with Crippen molar-refractivity contribution < 1.29 is 14.3 Å². The van der Waals surface area contributed by atoms with Crippen LogP contribution in [0.3, 0.4) is 0 Å². The van der Waals surface area contributed by atoms with E-state index in [1.54, 1.807) is 34.1 Å². The minimum absolute atomic E-state index is 0.0428. The number of amides is 2. The molecule has 1 atom stereocenters. The Balaban J connectivity index is 1.55.